The van der Waals surface area contributed by atoms with E-state index in [0.29, 0.717) is 23.1 Å². The van der Waals surface area contributed by atoms with Crippen molar-refractivity contribution in [2.75, 3.05) is 6.61 Å². The fourth-order valence-corrected chi connectivity index (χ4v) is 4.22. The van der Waals surface area contributed by atoms with Crippen LogP contribution in [0.15, 0.2) is 0 Å². The molecule has 0 heterocycles. The van der Waals surface area contributed by atoms with Gasteiger partial charge in [0.05, 0.1) is 6.61 Å². The summed E-state index contributed by atoms with van der Waals surface area (Å²) in [5, 5.41) is 4.72. The summed E-state index contributed by atoms with van der Waals surface area (Å²) in [4.78, 5) is 12.3. The zero-order chi connectivity index (χ0) is 14.5. The molecule has 0 aromatic rings. The maximum atomic E-state index is 12.3. The van der Waals surface area contributed by atoms with Crippen molar-refractivity contribution in [2.45, 2.75) is 82.4 Å². The topological polar surface area (TPSA) is 38.3 Å². The number of carbonyl (C=O) groups excluding carboxylic acids is 1. The Labute approximate surface area is 122 Å². The first-order chi connectivity index (χ1) is 8.93. The molecule has 0 aromatic carbocycles. The Morgan fingerprint density at radius 1 is 1.42 bits per heavy atom. The Hall–Kier alpha value is -0.220. The van der Waals surface area contributed by atoms with Crippen LogP contribution in [0.2, 0.25) is 0 Å². The van der Waals surface area contributed by atoms with Crippen LogP contribution >= 0.6 is 11.8 Å². The molecule has 0 radical (unpaired) electrons. The molecule has 1 fully saturated rings. The highest BCUT2D eigenvalue weighted by atomic mass is 32.2. The maximum Gasteiger partial charge on any atom is 0.326 e. The molecule has 4 heteroatoms. The van der Waals surface area contributed by atoms with E-state index in [4.69, 9.17) is 4.74 Å². The molecular formula is C15H29NO2S. The van der Waals surface area contributed by atoms with Gasteiger partial charge < -0.3 is 4.74 Å². The largest absolute Gasteiger partial charge is 0.465 e. The van der Waals surface area contributed by atoms with E-state index >= 15 is 0 Å². The van der Waals surface area contributed by atoms with Crippen molar-refractivity contribution in [1.82, 2.24) is 5.32 Å². The molecule has 1 aliphatic rings. The van der Waals surface area contributed by atoms with Crippen LogP contribution in [-0.2, 0) is 9.53 Å². The lowest BCUT2D eigenvalue weighted by atomic mass is 9.96. The van der Waals surface area contributed by atoms with Gasteiger partial charge in [-0.3, -0.25) is 10.1 Å². The summed E-state index contributed by atoms with van der Waals surface area (Å²) in [7, 11) is 0. The second kappa shape index (κ2) is 7.53. The average molecular weight is 287 g/mol. The maximum absolute atomic E-state index is 12.3. The minimum Gasteiger partial charge on any atom is -0.465 e. The van der Waals surface area contributed by atoms with Crippen LogP contribution in [0, 0.1) is 0 Å². The smallest absolute Gasteiger partial charge is 0.326 e. The van der Waals surface area contributed by atoms with Gasteiger partial charge in [0.25, 0.3) is 0 Å². The summed E-state index contributed by atoms with van der Waals surface area (Å²) < 4.78 is 5.30. The fraction of sp³-hybridized carbons (Fsp3) is 0.933. The van der Waals surface area contributed by atoms with E-state index in [1.165, 1.54) is 6.42 Å². The Morgan fingerprint density at radius 3 is 2.63 bits per heavy atom. The third kappa shape index (κ3) is 4.67. The summed E-state index contributed by atoms with van der Waals surface area (Å²) in [5.74, 6) is -0.0593. The summed E-state index contributed by atoms with van der Waals surface area (Å²) in [6.45, 7) is 11.0. The minimum absolute atomic E-state index is 0.0593. The van der Waals surface area contributed by atoms with Gasteiger partial charge >= 0.3 is 5.97 Å². The predicted octanol–water partition coefficient (Wildman–Crippen LogP) is 3.37. The molecule has 1 rings (SSSR count). The second-order valence-electron chi connectivity index (χ2n) is 5.82. The normalized spacial score (nSPS) is 28.6. The second-order valence-corrected chi connectivity index (χ2v) is 7.56. The number of nitrogens with one attached hydrogen (secondary N) is 1. The van der Waals surface area contributed by atoms with Crippen LogP contribution < -0.4 is 5.32 Å². The number of rotatable bonds is 7. The first-order valence-corrected chi connectivity index (χ1v) is 8.48. The monoisotopic (exact) mass is 287 g/mol. The number of esters is 1. The van der Waals surface area contributed by atoms with E-state index < -0.39 is 5.54 Å². The fourth-order valence-electron chi connectivity index (χ4n) is 2.74. The van der Waals surface area contributed by atoms with Crippen LogP contribution in [0.4, 0.5) is 0 Å². The standard InChI is InChI=1S/C15H29NO2S/c1-6-12(5)19-13-8-9-15(10-13,16-11(3)4)14(17)18-7-2/h11-13,16H,6-10H2,1-5H3. The van der Waals surface area contributed by atoms with Crippen molar-refractivity contribution >= 4 is 17.7 Å². The van der Waals surface area contributed by atoms with Gasteiger partial charge in [0.2, 0.25) is 0 Å². The molecule has 3 nitrogen and oxygen atoms in total. The first kappa shape index (κ1) is 16.8. The van der Waals surface area contributed by atoms with E-state index in [0.717, 1.165) is 19.3 Å². The minimum atomic E-state index is -0.449. The van der Waals surface area contributed by atoms with Gasteiger partial charge in [0.15, 0.2) is 0 Å². The quantitative estimate of drug-likeness (QED) is 0.729. The van der Waals surface area contributed by atoms with Gasteiger partial charge in [-0.25, -0.2) is 0 Å². The lowest BCUT2D eigenvalue weighted by Crippen LogP contribution is -2.54. The summed E-state index contributed by atoms with van der Waals surface area (Å²) in [6, 6.07) is 0.303. The SMILES string of the molecule is CCOC(=O)C1(NC(C)C)CCC(SC(C)CC)C1. The van der Waals surface area contributed by atoms with Crippen molar-refractivity contribution in [3.63, 3.8) is 0 Å². The Morgan fingerprint density at radius 2 is 2.11 bits per heavy atom. The van der Waals surface area contributed by atoms with E-state index in [1.54, 1.807) is 0 Å². The number of carbonyl (C=O) groups is 1. The third-order valence-corrected chi connectivity index (χ3v) is 5.29. The lowest BCUT2D eigenvalue weighted by molar-refractivity contribution is -0.151. The first-order valence-electron chi connectivity index (χ1n) is 7.54. The van der Waals surface area contributed by atoms with Crippen LogP contribution in [0.3, 0.4) is 0 Å². The molecule has 0 aromatic heterocycles. The van der Waals surface area contributed by atoms with E-state index in [2.05, 4.69) is 33.0 Å². The van der Waals surface area contributed by atoms with Crippen molar-refractivity contribution in [3.8, 4) is 0 Å². The van der Waals surface area contributed by atoms with Gasteiger partial charge in [-0.2, -0.15) is 11.8 Å². The van der Waals surface area contributed by atoms with Gasteiger partial charge in [-0.1, -0.05) is 13.8 Å². The molecule has 3 atom stereocenters. The van der Waals surface area contributed by atoms with Crippen LogP contribution in [0.25, 0.3) is 0 Å². The number of hydrogen-bond donors (Lipinski definition) is 1. The van der Waals surface area contributed by atoms with E-state index in [9.17, 15) is 4.79 Å². The highest BCUT2D eigenvalue weighted by molar-refractivity contribution is 8.00. The van der Waals surface area contributed by atoms with Crippen LogP contribution in [0.5, 0.6) is 0 Å². The molecule has 112 valence electrons. The molecule has 3 unspecified atom stereocenters. The molecule has 19 heavy (non-hydrogen) atoms. The highest BCUT2D eigenvalue weighted by Crippen LogP contribution is 2.40. The Bertz CT molecular complexity index is 296. The van der Waals surface area contributed by atoms with Crippen molar-refractivity contribution in [3.05, 3.63) is 0 Å². The molecule has 1 saturated carbocycles. The molecule has 0 amide bonds. The van der Waals surface area contributed by atoms with Gasteiger partial charge in [0, 0.05) is 16.5 Å². The van der Waals surface area contributed by atoms with Crippen molar-refractivity contribution < 1.29 is 9.53 Å². The van der Waals surface area contributed by atoms with Gasteiger partial charge in [0.1, 0.15) is 5.54 Å². The number of hydrogen-bond acceptors (Lipinski definition) is 4. The van der Waals surface area contributed by atoms with Gasteiger partial charge in [-0.15, -0.1) is 0 Å². The van der Waals surface area contributed by atoms with Crippen LogP contribution in [-0.4, -0.2) is 34.7 Å². The molecule has 0 aliphatic heterocycles. The molecule has 1 aliphatic carbocycles. The molecular weight excluding hydrogens is 258 g/mol. The molecule has 0 saturated heterocycles. The zero-order valence-corrected chi connectivity index (χ0v) is 13.8. The average Bonchev–Trinajstić information content (AvgIpc) is 2.73. The predicted molar refractivity (Wildman–Crippen MR) is 82.6 cm³/mol. The summed E-state index contributed by atoms with van der Waals surface area (Å²) in [6.07, 6.45) is 4.09. The Balaban J connectivity index is 2.70. The number of thioether (sulfide) groups is 1. The lowest BCUT2D eigenvalue weighted by Gasteiger charge is -2.30. The molecule has 0 bridgehead atoms. The van der Waals surface area contributed by atoms with Crippen LogP contribution in [0.1, 0.15) is 60.3 Å². The number of ether oxygens (including phenoxy) is 1. The van der Waals surface area contributed by atoms with Gasteiger partial charge in [-0.05, 0) is 46.5 Å². The van der Waals surface area contributed by atoms with E-state index in [-0.39, 0.29) is 5.97 Å². The molecule has 0 spiro atoms. The third-order valence-electron chi connectivity index (χ3n) is 3.70. The molecule has 1 N–H and O–H groups in total. The summed E-state index contributed by atoms with van der Waals surface area (Å²) >= 11 is 2.02. The van der Waals surface area contributed by atoms with Crippen molar-refractivity contribution in [2.24, 2.45) is 0 Å². The Kier molecular flexibility index (Phi) is 6.67. The zero-order valence-electron chi connectivity index (χ0n) is 13.0. The van der Waals surface area contributed by atoms with E-state index in [1.807, 2.05) is 18.7 Å². The summed E-state index contributed by atoms with van der Waals surface area (Å²) in [5.41, 5.74) is -0.449. The van der Waals surface area contributed by atoms with Crippen molar-refractivity contribution in [1.29, 1.82) is 0 Å². The highest BCUT2D eigenvalue weighted by Gasteiger charge is 2.47.